The second kappa shape index (κ2) is 7.28. The predicted octanol–water partition coefficient (Wildman–Crippen LogP) is 3.97. The van der Waals surface area contributed by atoms with Crippen molar-refractivity contribution in [2.45, 2.75) is 25.3 Å². The van der Waals surface area contributed by atoms with E-state index in [0.717, 1.165) is 29.4 Å². The first kappa shape index (κ1) is 18.5. The Hall–Kier alpha value is -1.86. The van der Waals surface area contributed by atoms with E-state index in [4.69, 9.17) is 0 Å². The molecular weight excluding hydrogens is 428 g/mol. The maximum Gasteiger partial charge on any atom is 0.254 e. The molecule has 0 bridgehead atoms. The highest BCUT2D eigenvalue weighted by Crippen LogP contribution is 2.34. The van der Waals surface area contributed by atoms with Crippen LogP contribution in [0.3, 0.4) is 0 Å². The molecule has 0 spiro atoms. The number of hydrogen-bond donors (Lipinski definition) is 0. The lowest BCUT2D eigenvalue weighted by atomic mass is 10.0. The molecule has 2 aliphatic heterocycles. The molecule has 0 saturated carbocycles. The van der Waals surface area contributed by atoms with Gasteiger partial charge in [-0.15, -0.1) is 0 Å². The van der Waals surface area contributed by atoms with Crippen LogP contribution in [0.4, 0.5) is 5.69 Å². The Bertz CT molecular complexity index is 942. The third-order valence-electron chi connectivity index (χ3n) is 5.27. The van der Waals surface area contributed by atoms with Crippen molar-refractivity contribution in [3.05, 3.63) is 64.1 Å². The highest BCUT2D eigenvalue weighted by molar-refractivity contribution is 9.10. The Balaban J connectivity index is 1.54. The van der Waals surface area contributed by atoms with E-state index in [1.54, 1.807) is 24.3 Å². The van der Waals surface area contributed by atoms with Crippen molar-refractivity contribution in [2.24, 2.45) is 0 Å². The van der Waals surface area contributed by atoms with Gasteiger partial charge in [-0.25, -0.2) is 8.42 Å². The molecule has 0 aliphatic carbocycles. The van der Waals surface area contributed by atoms with Gasteiger partial charge >= 0.3 is 0 Å². The minimum absolute atomic E-state index is 0.00347. The molecule has 2 fully saturated rings. The van der Waals surface area contributed by atoms with Gasteiger partial charge in [0, 0.05) is 23.1 Å². The summed E-state index contributed by atoms with van der Waals surface area (Å²) in [6.45, 7) is 1.25. The van der Waals surface area contributed by atoms with E-state index in [2.05, 4.69) is 28.1 Å². The molecule has 5 nitrogen and oxygen atoms in total. The van der Waals surface area contributed by atoms with Crippen LogP contribution in [-0.2, 0) is 10.0 Å². The van der Waals surface area contributed by atoms with Gasteiger partial charge < -0.3 is 4.90 Å². The second-order valence-electron chi connectivity index (χ2n) is 7.00. The number of nitrogens with zero attached hydrogens (tertiary/aromatic N) is 2. The van der Waals surface area contributed by atoms with Gasteiger partial charge in [0.2, 0.25) is 10.0 Å². The van der Waals surface area contributed by atoms with Gasteiger partial charge in [0.15, 0.2) is 0 Å². The van der Waals surface area contributed by atoms with Crippen LogP contribution >= 0.6 is 15.9 Å². The minimum Gasteiger partial charge on any atom is -0.332 e. The molecule has 142 valence electrons. The fraction of sp³-hybridized carbons (Fsp3) is 0.350. The maximum absolute atomic E-state index is 13.0. The third-order valence-corrected chi connectivity index (χ3v) is 7.67. The van der Waals surface area contributed by atoms with E-state index in [-0.39, 0.29) is 17.7 Å². The Morgan fingerprint density at radius 2 is 1.67 bits per heavy atom. The Morgan fingerprint density at radius 1 is 0.963 bits per heavy atom. The average molecular weight is 449 g/mol. The summed E-state index contributed by atoms with van der Waals surface area (Å²) >= 11 is 3.45. The Kier molecular flexibility index (Phi) is 4.99. The van der Waals surface area contributed by atoms with Gasteiger partial charge in [0.1, 0.15) is 0 Å². The normalized spacial score (nSPS) is 21.6. The lowest BCUT2D eigenvalue weighted by molar-refractivity contribution is 0.0735. The van der Waals surface area contributed by atoms with Crippen LogP contribution in [0.1, 0.15) is 41.2 Å². The summed E-state index contributed by atoms with van der Waals surface area (Å²) in [5.74, 6) is 0.187. The standard InChI is InChI=1S/C20H21BrN2O3S/c21-17-8-4-15(5-9-17)19-3-1-12-22(19)20(24)16-6-10-18(11-7-16)23-13-2-14-27(23,25)26/h4-11,19H,1-3,12-14H2. The highest BCUT2D eigenvalue weighted by atomic mass is 79.9. The molecule has 0 N–H and O–H groups in total. The SMILES string of the molecule is O=C(c1ccc(N2CCCS2(=O)=O)cc1)N1CCCC1c1ccc(Br)cc1. The van der Waals surface area contributed by atoms with Gasteiger partial charge in [-0.3, -0.25) is 9.10 Å². The Morgan fingerprint density at radius 3 is 2.30 bits per heavy atom. The Labute approximate surface area is 168 Å². The zero-order valence-electron chi connectivity index (χ0n) is 14.8. The van der Waals surface area contributed by atoms with Gasteiger partial charge in [0.05, 0.1) is 17.5 Å². The molecule has 2 aromatic carbocycles. The smallest absolute Gasteiger partial charge is 0.254 e. The number of amides is 1. The number of sulfonamides is 1. The number of rotatable bonds is 3. The second-order valence-corrected chi connectivity index (χ2v) is 9.93. The first-order valence-electron chi connectivity index (χ1n) is 9.13. The largest absolute Gasteiger partial charge is 0.332 e. The molecule has 2 heterocycles. The summed E-state index contributed by atoms with van der Waals surface area (Å²) in [6.07, 6.45) is 2.58. The molecule has 4 rings (SSSR count). The summed E-state index contributed by atoms with van der Waals surface area (Å²) in [6, 6.07) is 15.2. The van der Waals surface area contributed by atoms with Crippen LogP contribution in [0, 0.1) is 0 Å². The van der Waals surface area contributed by atoms with E-state index in [0.29, 0.717) is 24.2 Å². The van der Waals surface area contributed by atoms with Crippen LogP contribution in [0.5, 0.6) is 0 Å². The maximum atomic E-state index is 13.0. The molecule has 1 amide bonds. The number of halogens is 1. The van der Waals surface area contributed by atoms with Crippen LogP contribution in [0.2, 0.25) is 0 Å². The number of carbonyl (C=O) groups is 1. The van der Waals surface area contributed by atoms with Crippen molar-refractivity contribution in [3.63, 3.8) is 0 Å². The lowest BCUT2D eigenvalue weighted by Crippen LogP contribution is -2.30. The molecular formula is C20H21BrN2O3S. The van der Waals surface area contributed by atoms with E-state index in [1.165, 1.54) is 4.31 Å². The topological polar surface area (TPSA) is 57.7 Å². The predicted molar refractivity (Wildman–Crippen MR) is 109 cm³/mol. The molecule has 7 heteroatoms. The molecule has 27 heavy (non-hydrogen) atoms. The third kappa shape index (κ3) is 3.62. The van der Waals surface area contributed by atoms with Gasteiger partial charge in [0.25, 0.3) is 5.91 Å². The molecule has 1 atom stereocenters. The minimum atomic E-state index is -3.20. The average Bonchev–Trinajstić information content (AvgIpc) is 3.28. The van der Waals surface area contributed by atoms with Crippen molar-refractivity contribution in [2.75, 3.05) is 23.1 Å². The first-order valence-corrected chi connectivity index (χ1v) is 11.5. The fourth-order valence-corrected chi connectivity index (χ4v) is 5.74. The fourth-order valence-electron chi connectivity index (χ4n) is 3.91. The molecule has 2 saturated heterocycles. The molecule has 0 radical (unpaired) electrons. The van der Waals surface area contributed by atoms with Crippen LogP contribution < -0.4 is 4.31 Å². The summed E-state index contributed by atoms with van der Waals surface area (Å²) in [4.78, 5) is 15.0. The zero-order chi connectivity index (χ0) is 19.0. The molecule has 0 aromatic heterocycles. The van der Waals surface area contributed by atoms with Crippen LogP contribution in [0.15, 0.2) is 53.0 Å². The quantitative estimate of drug-likeness (QED) is 0.713. The number of benzene rings is 2. The number of anilines is 1. The van der Waals surface area contributed by atoms with Gasteiger partial charge in [-0.2, -0.15) is 0 Å². The summed E-state index contributed by atoms with van der Waals surface area (Å²) < 4.78 is 26.6. The van der Waals surface area contributed by atoms with Crippen LogP contribution in [-0.4, -0.2) is 38.1 Å². The highest BCUT2D eigenvalue weighted by Gasteiger charge is 2.31. The molecule has 2 aromatic rings. The molecule has 2 aliphatic rings. The van der Waals surface area contributed by atoms with E-state index < -0.39 is 10.0 Å². The van der Waals surface area contributed by atoms with E-state index in [1.807, 2.05) is 17.0 Å². The van der Waals surface area contributed by atoms with Crippen molar-refractivity contribution >= 4 is 37.5 Å². The van der Waals surface area contributed by atoms with Gasteiger partial charge in [-0.05, 0) is 61.2 Å². The summed E-state index contributed by atoms with van der Waals surface area (Å²) in [7, 11) is -3.20. The van der Waals surface area contributed by atoms with Gasteiger partial charge in [-0.1, -0.05) is 28.1 Å². The van der Waals surface area contributed by atoms with Crippen molar-refractivity contribution in [1.82, 2.24) is 4.90 Å². The summed E-state index contributed by atoms with van der Waals surface area (Å²) in [5.41, 5.74) is 2.37. The van der Waals surface area contributed by atoms with E-state index >= 15 is 0 Å². The number of hydrogen-bond acceptors (Lipinski definition) is 3. The van der Waals surface area contributed by atoms with Crippen molar-refractivity contribution in [1.29, 1.82) is 0 Å². The van der Waals surface area contributed by atoms with Crippen molar-refractivity contribution < 1.29 is 13.2 Å². The van der Waals surface area contributed by atoms with Crippen molar-refractivity contribution in [3.8, 4) is 0 Å². The van der Waals surface area contributed by atoms with Crippen LogP contribution in [0.25, 0.3) is 0 Å². The summed E-state index contributed by atoms with van der Waals surface area (Å²) in [5, 5.41) is 0. The van der Waals surface area contributed by atoms with E-state index in [9.17, 15) is 13.2 Å². The first-order chi connectivity index (χ1) is 13.0. The monoisotopic (exact) mass is 448 g/mol. The number of likely N-dealkylation sites (tertiary alicyclic amines) is 1. The lowest BCUT2D eigenvalue weighted by Gasteiger charge is -2.25. The zero-order valence-corrected chi connectivity index (χ0v) is 17.2. The number of carbonyl (C=O) groups excluding carboxylic acids is 1. The molecule has 1 unspecified atom stereocenters.